The van der Waals surface area contributed by atoms with Gasteiger partial charge >= 0.3 is 0 Å². The number of rotatable bonds is 4. The van der Waals surface area contributed by atoms with Gasteiger partial charge in [0.05, 0.1) is 0 Å². The summed E-state index contributed by atoms with van der Waals surface area (Å²) >= 11 is 6.37. The lowest BCUT2D eigenvalue weighted by Gasteiger charge is -2.42. The third-order valence-corrected chi connectivity index (χ3v) is 6.62. The topological polar surface area (TPSA) is 6.48 Å². The zero-order valence-electron chi connectivity index (χ0n) is 16.2. The van der Waals surface area contributed by atoms with Crippen LogP contribution in [0.1, 0.15) is 54.8 Å². The molecule has 1 aliphatic carbocycles. The van der Waals surface area contributed by atoms with Crippen LogP contribution < -0.4 is 0 Å². The number of benzene rings is 2. The van der Waals surface area contributed by atoms with E-state index in [0.717, 1.165) is 31.1 Å². The molecule has 3 unspecified atom stereocenters. The van der Waals surface area contributed by atoms with E-state index in [4.69, 9.17) is 11.6 Å². The molecule has 0 aromatic heterocycles. The predicted molar refractivity (Wildman–Crippen MR) is 110 cm³/mol. The molecular weight excluding hydrogens is 359 g/mol. The second kappa shape index (κ2) is 7.90. The Morgan fingerprint density at radius 3 is 2.59 bits per heavy atom. The predicted octanol–water partition coefficient (Wildman–Crippen LogP) is 5.47. The van der Waals surface area contributed by atoms with Gasteiger partial charge in [0, 0.05) is 42.7 Å². The van der Waals surface area contributed by atoms with Gasteiger partial charge in [0.25, 0.3) is 0 Å². The molecule has 4 heteroatoms. The number of hydrogen-bond acceptors (Lipinski definition) is 2. The molecule has 1 aliphatic heterocycles. The van der Waals surface area contributed by atoms with Gasteiger partial charge in [0.2, 0.25) is 0 Å². The molecule has 1 heterocycles. The van der Waals surface area contributed by atoms with Gasteiger partial charge in [-0.3, -0.25) is 4.90 Å². The number of piperazine rings is 1. The van der Waals surface area contributed by atoms with Crippen LogP contribution in [-0.4, -0.2) is 42.5 Å². The molecule has 4 rings (SSSR count). The maximum absolute atomic E-state index is 13.4. The van der Waals surface area contributed by atoms with Crippen molar-refractivity contribution in [1.29, 1.82) is 0 Å². The van der Waals surface area contributed by atoms with Crippen LogP contribution in [0.25, 0.3) is 0 Å². The van der Waals surface area contributed by atoms with Crippen LogP contribution in [0.3, 0.4) is 0 Å². The van der Waals surface area contributed by atoms with Crippen molar-refractivity contribution in [3.05, 3.63) is 70.0 Å². The zero-order valence-corrected chi connectivity index (χ0v) is 16.9. The summed E-state index contributed by atoms with van der Waals surface area (Å²) in [5.74, 6) is 0.137. The summed E-state index contributed by atoms with van der Waals surface area (Å²) in [7, 11) is 2.25. The van der Waals surface area contributed by atoms with E-state index in [1.165, 1.54) is 29.5 Å². The first-order chi connectivity index (χ1) is 13.1. The third kappa shape index (κ3) is 3.78. The van der Waals surface area contributed by atoms with Gasteiger partial charge in [0.15, 0.2) is 0 Å². The van der Waals surface area contributed by atoms with Gasteiger partial charge in [-0.25, -0.2) is 4.39 Å². The average molecular weight is 387 g/mol. The van der Waals surface area contributed by atoms with E-state index in [9.17, 15) is 4.39 Å². The molecule has 0 amide bonds. The first-order valence-electron chi connectivity index (χ1n) is 10.1. The number of hydrogen-bond donors (Lipinski definition) is 0. The largest absolute Gasteiger partial charge is 0.301 e. The Balaban J connectivity index is 1.64. The summed E-state index contributed by atoms with van der Waals surface area (Å²) in [4.78, 5) is 5.16. The monoisotopic (exact) mass is 386 g/mol. The number of likely N-dealkylation sites (N-methyl/N-ethyl adjacent to an activating group) is 1. The summed E-state index contributed by atoms with van der Waals surface area (Å²) in [5.41, 5.74) is 3.90. The fraction of sp³-hybridized carbons (Fsp3) is 0.478. The van der Waals surface area contributed by atoms with Crippen LogP contribution in [0.5, 0.6) is 0 Å². The lowest BCUT2D eigenvalue weighted by atomic mass is 9.93. The maximum Gasteiger partial charge on any atom is 0.123 e. The van der Waals surface area contributed by atoms with Gasteiger partial charge in [-0.15, -0.1) is 0 Å². The third-order valence-electron chi connectivity index (χ3n) is 6.39. The first kappa shape index (κ1) is 18.9. The molecule has 2 aliphatic rings. The standard InChI is InChI=1S/C23H28ClFN2/c1-3-4-19-15-27(12-11-26(19)2)23-14-21(16-5-8-18(25)9-6-16)20-10-7-17(24)13-22(20)23/h5-10,13,19,21,23H,3-4,11-12,14-15H2,1-2H3. The Morgan fingerprint density at radius 1 is 1.07 bits per heavy atom. The van der Waals surface area contributed by atoms with E-state index in [1.54, 1.807) is 12.1 Å². The van der Waals surface area contributed by atoms with Crippen molar-refractivity contribution in [2.75, 3.05) is 26.7 Å². The number of nitrogens with zero attached hydrogens (tertiary/aromatic N) is 2. The van der Waals surface area contributed by atoms with Crippen LogP contribution >= 0.6 is 11.6 Å². The molecular formula is C23H28ClFN2. The summed E-state index contributed by atoms with van der Waals surface area (Å²) in [6.07, 6.45) is 3.50. The number of fused-ring (bicyclic) bond motifs is 1. The highest BCUT2D eigenvalue weighted by molar-refractivity contribution is 6.30. The lowest BCUT2D eigenvalue weighted by molar-refractivity contribution is 0.0589. The Bertz CT molecular complexity index is 791. The van der Waals surface area contributed by atoms with Gasteiger partial charge < -0.3 is 4.90 Å². The van der Waals surface area contributed by atoms with Crippen LogP contribution in [0.4, 0.5) is 4.39 Å². The minimum Gasteiger partial charge on any atom is -0.301 e. The Hall–Kier alpha value is -1.42. The molecule has 1 fully saturated rings. The molecule has 3 atom stereocenters. The van der Waals surface area contributed by atoms with Crippen LogP contribution in [0, 0.1) is 5.82 Å². The van der Waals surface area contributed by atoms with E-state index >= 15 is 0 Å². The Kier molecular flexibility index (Phi) is 5.54. The highest BCUT2D eigenvalue weighted by Crippen LogP contribution is 2.48. The molecule has 27 heavy (non-hydrogen) atoms. The molecule has 0 bridgehead atoms. The smallest absolute Gasteiger partial charge is 0.123 e. The fourth-order valence-corrected chi connectivity index (χ4v) is 5.06. The van der Waals surface area contributed by atoms with E-state index in [1.807, 2.05) is 18.2 Å². The van der Waals surface area contributed by atoms with Crippen LogP contribution in [0.15, 0.2) is 42.5 Å². The second-order valence-corrected chi connectivity index (χ2v) is 8.48. The first-order valence-corrected chi connectivity index (χ1v) is 10.4. The van der Waals surface area contributed by atoms with E-state index < -0.39 is 0 Å². The molecule has 1 saturated heterocycles. The van der Waals surface area contributed by atoms with Crippen LogP contribution in [0.2, 0.25) is 5.02 Å². The van der Waals surface area contributed by atoms with Gasteiger partial charge in [-0.2, -0.15) is 0 Å². The second-order valence-electron chi connectivity index (χ2n) is 8.05. The van der Waals surface area contributed by atoms with Crippen molar-refractivity contribution in [2.45, 2.75) is 44.2 Å². The van der Waals surface area contributed by atoms with Crippen molar-refractivity contribution in [3.8, 4) is 0 Å². The Labute approximate surface area is 166 Å². The normalized spacial score (nSPS) is 26.3. The quantitative estimate of drug-likeness (QED) is 0.687. The van der Waals surface area contributed by atoms with E-state index in [0.29, 0.717) is 18.0 Å². The van der Waals surface area contributed by atoms with Crippen molar-refractivity contribution in [2.24, 2.45) is 0 Å². The molecule has 2 nitrogen and oxygen atoms in total. The fourth-order valence-electron chi connectivity index (χ4n) is 4.88. The number of halogens is 2. The van der Waals surface area contributed by atoms with Crippen molar-refractivity contribution in [3.63, 3.8) is 0 Å². The molecule has 0 radical (unpaired) electrons. The summed E-state index contributed by atoms with van der Waals surface area (Å²) in [6, 6.07) is 14.3. The van der Waals surface area contributed by atoms with E-state index in [2.05, 4.69) is 35.9 Å². The van der Waals surface area contributed by atoms with Crippen molar-refractivity contribution >= 4 is 11.6 Å². The molecule has 0 N–H and O–H groups in total. The highest BCUT2D eigenvalue weighted by atomic mass is 35.5. The molecule has 0 spiro atoms. The Morgan fingerprint density at radius 2 is 1.85 bits per heavy atom. The summed E-state index contributed by atoms with van der Waals surface area (Å²) in [6.45, 7) is 5.57. The van der Waals surface area contributed by atoms with E-state index in [-0.39, 0.29) is 5.82 Å². The molecule has 0 saturated carbocycles. The van der Waals surface area contributed by atoms with Crippen molar-refractivity contribution < 1.29 is 4.39 Å². The molecule has 144 valence electrons. The van der Waals surface area contributed by atoms with Crippen LogP contribution in [-0.2, 0) is 0 Å². The molecule has 2 aromatic carbocycles. The zero-order chi connectivity index (χ0) is 19.0. The van der Waals surface area contributed by atoms with Crippen molar-refractivity contribution in [1.82, 2.24) is 9.80 Å². The lowest BCUT2D eigenvalue weighted by Crippen LogP contribution is -2.52. The highest BCUT2D eigenvalue weighted by Gasteiger charge is 2.38. The summed E-state index contributed by atoms with van der Waals surface area (Å²) in [5, 5.41) is 0.803. The minimum absolute atomic E-state index is 0.175. The minimum atomic E-state index is -0.175. The average Bonchev–Trinajstić information content (AvgIpc) is 3.03. The SMILES string of the molecule is CCCC1CN(C2CC(c3ccc(F)cc3)c3ccc(Cl)cc32)CCN1C. The summed E-state index contributed by atoms with van der Waals surface area (Å²) < 4.78 is 13.4. The maximum atomic E-state index is 13.4. The van der Waals surface area contributed by atoms with Gasteiger partial charge in [0.1, 0.15) is 5.82 Å². The van der Waals surface area contributed by atoms with Gasteiger partial charge in [-0.1, -0.05) is 43.1 Å². The molecule has 2 aromatic rings. The van der Waals surface area contributed by atoms with Gasteiger partial charge in [-0.05, 0) is 60.8 Å².